The lowest BCUT2D eigenvalue weighted by Crippen LogP contribution is -2.53. The van der Waals surface area contributed by atoms with E-state index in [4.69, 9.17) is 4.74 Å². The molecule has 1 amide bonds. The SMILES string of the molecule is O=C(C1CCN(CC(O)(c2cn(Cc3ccccc3)c3cc([N+](=O)[O-])ccc23)C(F)(F)F)CC1)N1CCOCC1. The van der Waals surface area contributed by atoms with Gasteiger partial charge in [-0.1, -0.05) is 30.3 Å². The Morgan fingerprint density at radius 2 is 1.73 bits per heavy atom. The van der Waals surface area contributed by atoms with Crippen LogP contribution in [0.2, 0.25) is 0 Å². The molecule has 1 aromatic heterocycles. The molecule has 0 saturated carbocycles. The van der Waals surface area contributed by atoms with Crippen LogP contribution in [0.4, 0.5) is 18.9 Å². The minimum atomic E-state index is -5.03. The minimum Gasteiger partial charge on any atom is -0.378 e. The molecule has 1 unspecified atom stereocenters. The summed E-state index contributed by atoms with van der Waals surface area (Å²) < 4.78 is 50.9. The number of halogens is 3. The number of rotatable bonds is 7. The Morgan fingerprint density at radius 3 is 2.35 bits per heavy atom. The number of piperidine rings is 1. The molecule has 1 atom stereocenters. The standard InChI is InChI=1S/C28H31F3N4O5/c29-28(30,31)27(37,19-32-10-8-21(9-11-32)26(36)33-12-14-40-15-13-33)24-18-34(17-20-4-2-1-3-5-20)25-16-22(35(38)39)6-7-23(24)25/h1-7,16,18,21,37H,8-15,17,19H2. The van der Waals surface area contributed by atoms with E-state index in [9.17, 15) is 33.2 Å². The van der Waals surface area contributed by atoms with Gasteiger partial charge in [-0.2, -0.15) is 13.2 Å². The second-order valence-corrected chi connectivity index (χ2v) is 10.5. The summed E-state index contributed by atoms with van der Waals surface area (Å²) in [6.45, 7) is 1.89. The third kappa shape index (κ3) is 5.56. The number of ether oxygens (including phenoxy) is 1. The highest BCUT2D eigenvalue weighted by Gasteiger charge is 2.57. The lowest BCUT2D eigenvalue weighted by Gasteiger charge is -2.39. The van der Waals surface area contributed by atoms with Gasteiger partial charge < -0.3 is 19.3 Å². The fourth-order valence-corrected chi connectivity index (χ4v) is 5.67. The van der Waals surface area contributed by atoms with E-state index in [1.54, 1.807) is 34.1 Å². The number of carbonyl (C=O) groups is 1. The van der Waals surface area contributed by atoms with Gasteiger partial charge in [0.05, 0.1) is 23.7 Å². The molecule has 2 aromatic carbocycles. The quantitative estimate of drug-likeness (QED) is 0.347. The Morgan fingerprint density at radius 1 is 1.05 bits per heavy atom. The highest BCUT2D eigenvalue weighted by atomic mass is 19.4. The van der Waals surface area contributed by atoms with Crippen LogP contribution in [0.15, 0.2) is 54.7 Å². The molecule has 9 nitrogen and oxygen atoms in total. The molecule has 0 bridgehead atoms. The smallest absolute Gasteiger partial charge is 0.378 e. The van der Waals surface area contributed by atoms with Crippen LogP contribution in [0.5, 0.6) is 0 Å². The third-order valence-corrected chi connectivity index (χ3v) is 7.90. The fourth-order valence-electron chi connectivity index (χ4n) is 5.67. The topological polar surface area (TPSA) is 101 Å². The van der Waals surface area contributed by atoms with Crippen molar-refractivity contribution in [1.82, 2.24) is 14.4 Å². The third-order valence-electron chi connectivity index (χ3n) is 7.90. The van der Waals surface area contributed by atoms with Gasteiger partial charge in [-0.3, -0.25) is 19.8 Å². The average Bonchev–Trinajstić information content (AvgIpc) is 3.31. The molecule has 3 aromatic rings. The van der Waals surface area contributed by atoms with Gasteiger partial charge >= 0.3 is 6.18 Å². The fraction of sp³-hybridized carbons (Fsp3) is 0.464. The van der Waals surface area contributed by atoms with E-state index >= 15 is 0 Å². The van der Waals surface area contributed by atoms with Gasteiger partial charge in [-0.15, -0.1) is 0 Å². The van der Waals surface area contributed by atoms with Crippen LogP contribution in [-0.2, 0) is 21.7 Å². The van der Waals surface area contributed by atoms with Crippen LogP contribution in [0, 0.1) is 16.0 Å². The zero-order chi connectivity index (χ0) is 28.5. The number of nitro benzene ring substituents is 1. The van der Waals surface area contributed by atoms with E-state index in [-0.39, 0.29) is 53.6 Å². The first-order valence-electron chi connectivity index (χ1n) is 13.3. The number of benzene rings is 2. The van der Waals surface area contributed by atoms with Crippen molar-refractivity contribution in [2.75, 3.05) is 45.9 Å². The maximum absolute atomic E-state index is 14.7. The molecule has 1 N–H and O–H groups in total. The first-order valence-corrected chi connectivity index (χ1v) is 13.3. The maximum Gasteiger partial charge on any atom is 0.422 e. The number of morpholine rings is 1. The lowest BCUT2D eigenvalue weighted by atomic mass is 9.89. The van der Waals surface area contributed by atoms with Gasteiger partial charge in [0.1, 0.15) is 0 Å². The van der Waals surface area contributed by atoms with Crippen LogP contribution >= 0.6 is 0 Å². The number of alkyl halides is 3. The monoisotopic (exact) mass is 560 g/mol. The number of nitrogens with zero attached hydrogens (tertiary/aromatic N) is 4. The van der Waals surface area contributed by atoms with Crippen molar-refractivity contribution >= 4 is 22.5 Å². The highest BCUT2D eigenvalue weighted by molar-refractivity contribution is 5.87. The molecule has 0 spiro atoms. The Labute approximate surface area is 228 Å². The van der Waals surface area contributed by atoms with Crippen molar-refractivity contribution in [2.24, 2.45) is 5.92 Å². The molecular weight excluding hydrogens is 529 g/mol. The molecule has 2 saturated heterocycles. The zero-order valence-corrected chi connectivity index (χ0v) is 21.8. The van der Waals surface area contributed by atoms with Crippen LogP contribution in [0.3, 0.4) is 0 Å². The molecule has 0 radical (unpaired) electrons. The number of fused-ring (bicyclic) bond motifs is 1. The summed E-state index contributed by atoms with van der Waals surface area (Å²) in [5, 5.41) is 22.9. The van der Waals surface area contributed by atoms with E-state index in [1.807, 2.05) is 6.07 Å². The normalized spacial score (nSPS) is 19.1. The molecular formula is C28H31F3N4O5. The number of aliphatic hydroxyl groups is 1. The Hall–Kier alpha value is -3.48. The van der Waals surface area contributed by atoms with Crippen molar-refractivity contribution in [1.29, 1.82) is 0 Å². The predicted molar refractivity (Wildman–Crippen MR) is 141 cm³/mol. The molecule has 40 heavy (non-hydrogen) atoms. The van der Waals surface area contributed by atoms with Crippen molar-refractivity contribution in [3.63, 3.8) is 0 Å². The largest absolute Gasteiger partial charge is 0.422 e. The van der Waals surface area contributed by atoms with Crippen molar-refractivity contribution in [3.8, 4) is 0 Å². The number of β-amino-alcohol motifs (C(OH)–C–C–N with tert-alkyl or cyclic N) is 1. The summed E-state index contributed by atoms with van der Waals surface area (Å²) >= 11 is 0. The number of hydrogen-bond donors (Lipinski definition) is 1. The number of hydrogen-bond acceptors (Lipinski definition) is 6. The molecule has 214 valence electrons. The molecule has 12 heteroatoms. The summed E-state index contributed by atoms with van der Waals surface area (Å²) in [7, 11) is 0. The molecule has 0 aliphatic carbocycles. The zero-order valence-electron chi connectivity index (χ0n) is 21.8. The Bertz CT molecular complexity index is 1370. The van der Waals surface area contributed by atoms with Gasteiger partial charge in [0, 0.05) is 61.4 Å². The van der Waals surface area contributed by atoms with Crippen LogP contribution < -0.4 is 0 Å². The van der Waals surface area contributed by atoms with Crippen LogP contribution in [0.25, 0.3) is 10.9 Å². The van der Waals surface area contributed by atoms with Crippen LogP contribution in [-0.4, -0.2) is 82.4 Å². The van der Waals surface area contributed by atoms with Crippen molar-refractivity contribution < 1.29 is 32.7 Å². The second kappa shape index (κ2) is 11.2. The van der Waals surface area contributed by atoms with E-state index in [1.165, 1.54) is 22.9 Å². The van der Waals surface area contributed by atoms with Crippen LogP contribution in [0.1, 0.15) is 24.0 Å². The second-order valence-electron chi connectivity index (χ2n) is 10.5. The summed E-state index contributed by atoms with van der Waals surface area (Å²) in [4.78, 5) is 27.0. The average molecular weight is 561 g/mol. The first kappa shape index (κ1) is 28.1. The molecule has 5 rings (SSSR count). The summed E-state index contributed by atoms with van der Waals surface area (Å²) in [5.74, 6) is -0.277. The summed E-state index contributed by atoms with van der Waals surface area (Å²) in [6.07, 6.45) is -2.98. The van der Waals surface area contributed by atoms with Gasteiger partial charge in [-0.25, -0.2) is 0 Å². The Balaban J connectivity index is 1.43. The van der Waals surface area contributed by atoms with E-state index in [0.717, 1.165) is 11.6 Å². The number of aromatic nitrogens is 1. The van der Waals surface area contributed by atoms with Gasteiger partial charge in [0.2, 0.25) is 11.5 Å². The Kier molecular flexibility index (Phi) is 7.85. The number of likely N-dealkylation sites (tertiary alicyclic amines) is 1. The summed E-state index contributed by atoms with van der Waals surface area (Å²) in [6, 6.07) is 12.7. The van der Waals surface area contributed by atoms with E-state index in [2.05, 4.69) is 0 Å². The van der Waals surface area contributed by atoms with Gasteiger partial charge in [-0.05, 0) is 37.6 Å². The number of carbonyl (C=O) groups excluding carboxylic acids is 1. The van der Waals surface area contributed by atoms with E-state index < -0.39 is 23.2 Å². The van der Waals surface area contributed by atoms with E-state index in [0.29, 0.717) is 39.1 Å². The molecule has 3 heterocycles. The van der Waals surface area contributed by atoms with Gasteiger partial charge in [0.15, 0.2) is 0 Å². The summed E-state index contributed by atoms with van der Waals surface area (Å²) in [5.41, 5.74) is -2.82. The molecule has 2 aliphatic rings. The number of nitro groups is 1. The number of amides is 1. The highest BCUT2D eigenvalue weighted by Crippen LogP contribution is 2.44. The lowest BCUT2D eigenvalue weighted by molar-refractivity contribution is -0.384. The number of non-ortho nitro benzene ring substituents is 1. The minimum absolute atomic E-state index is 0.000361. The van der Waals surface area contributed by atoms with Crippen molar-refractivity contribution in [3.05, 3.63) is 76.0 Å². The molecule has 2 fully saturated rings. The maximum atomic E-state index is 14.7. The first-order chi connectivity index (χ1) is 19.1. The molecule has 2 aliphatic heterocycles. The van der Waals surface area contributed by atoms with Crippen molar-refractivity contribution in [2.45, 2.75) is 31.2 Å². The van der Waals surface area contributed by atoms with Gasteiger partial charge in [0.25, 0.3) is 5.69 Å². The predicted octanol–water partition coefficient (Wildman–Crippen LogP) is 3.92.